The highest BCUT2D eigenvalue weighted by Crippen LogP contribution is 2.29. The molecule has 1 aliphatic rings. The van der Waals surface area contributed by atoms with E-state index in [-0.39, 0.29) is 0 Å². The first-order valence-corrected chi connectivity index (χ1v) is 9.93. The Labute approximate surface area is 172 Å². The smallest absolute Gasteiger partial charge is 0.227 e. The third kappa shape index (κ3) is 4.42. The molecule has 0 atom stereocenters. The molecule has 2 aromatic carbocycles. The van der Waals surface area contributed by atoms with Gasteiger partial charge < -0.3 is 19.9 Å². The van der Waals surface area contributed by atoms with Crippen molar-refractivity contribution in [3.05, 3.63) is 65.9 Å². The van der Waals surface area contributed by atoms with Crippen LogP contribution in [0.1, 0.15) is 11.1 Å². The summed E-state index contributed by atoms with van der Waals surface area (Å²) in [5, 5.41) is 3.41. The Kier molecular flexibility index (Phi) is 5.51. The maximum Gasteiger partial charge on any atom is 0.227 e. The third-order valence-electron chi connectivity index (χ3n) is 5.13. The van der Waals surface area contributed by atoms with E-state index in [0.717, 1.165) is 55.1 Å². The molecule has 3 aromatic rings. The number of hydrogen-bond donors (Lipinski definition) is 1. The van der Waals surface area contributed by atoms with Gasteiger partial charge in [0.05, 0.1) is 12.8 Å². The number of hydrogen-bond acceptors (Lipinski definition) is 6. The lowest BCUT2D eigenvalue weighted by molar-refractivity contribution is 0.413. The number of benzene rings is 2. The van der Waals surface area contributed by atoms with Crippen LogP contribution in [0.25, 0.3) is 0 Å². The van der Waals surface area contributed by atoms with Gasteiger partial charge in [-0.1, -0.05) is 18.2 Å². The number of rotatable bonds is 5. The number of anilines is 4. The van der Waals surface area contributed by atoms with Crippen LogP contribution in [0.3, 0.4) is 0 Å². The van der Waals surface area contributed by atoms with Crippen molar-refractivity contribution < 1.29 is 4.74 Å². The highest BCUT2D eigenvalue weighted by molar-refractivity contribution is 5.61. The topological polar surface area (TPSA) is 53.5 Å². The highest BCUT2D eigenvalue weighted by atomic mass is 16.5. The summed E-state index contributed by atoms with van der Waals surface area (Å²) in [5.41, 5.74) is 4.65. The molecule has 150 valence electrons. The van der Waals surface area contributed by atoms with Crippen LogP contribution in [0.5, 0.6) is 5.75 Å². The molecule has 29 heavy (non-hydrogen) atoms. The Hall–Kier alpha value is -3.28. The van der Waals surface area contributed by atoms with Crippen molar-refractivity contribution in [3.8, 4) is 5.75 Å². The predicted molar refractivity (Wildman–Crippen MR) is 119 cm³/mol. The van der Waals surface area contributed by atoms with Crippen molar-refractivity contribution in [1.82, 2.24) is 9.97 Å². The van der Waals surface area contributed by atoms with E-state index in [2.05, 4.69) is 64.3 Å². The molecule has 0 aliphatic carbocycles. The highest BCUT2D eigenvalue weighted by Gasteiger charge is 2.21. The summed E-state index contributed by atoms with van der Waals surface area (Å²) in [6.07, 6.45) is 1.82. The summed E-state index contributed by atoms with van der Waals surface area (Å²) in [6.45, 7) is 7.74. The maximum atomic E-state index is 5.51. The molecule has 0 amide bonds. The number of nitrogens with one attached hydrogen (secondary N) is 1. The molecule has 1 N–H and O–H groups in total. The van der Waals surface area contributed by atoms with Gasteiger partial charge in [0.25, 0.3) is 0 Å². The molecule has 0 saturated carbocycles. The van der Waals surface area contributed by atoms with E-state index in [1.54, 1.807) is 7.11 Å². The van der Waals surface area contributed by atoms with E-state index in [0.29, 0.717) is 0 Å². The van der Waals surface area contributed by atoms with Gasteiger partial charge in [-0.3, -0.25) is 0 Å². The maximum absolute atomic E-state index is 5.51. The molecule has 0 bridgehead atoms. The Morgan fingerprint density at radius 2 is 1.59 bits per heavy atom. The molecule has 1 fully saturated rings. The van der Waals surface area contributed by atoms with E-state index in [1.807, 2.05) is 24.4 Å². The van der Waals surface area contributed by atoms with Gasteiger partial charge in [0.15, 0.2) is 0 Å². The summed E-state index contributed by atoms with van der Waals surface area (Å²) >= 11 is 0. The van der Waals surface area contributed by atoms with E-state index < -0.39 is 0 Å². The molecule has 6 nitrogen and oxygen atoms in total. The Balaban J connectivity index is 1.44. The van der Waals surface area contributed by atoms with E-state index in [4.69, 9.17) is 9.72 Å². The van der Waals surface area contributed by atoms with Crippen molar-refractivity contribution >= 4 is 23.1 Å². The summed E-state index contributed by atoms with van der Waals surface area (Å²) in [4.78, 5) is 13.8. The SMILES string of the molecule is COc1ccccc1N1CCN(c2nccc(Nc3cc(C)cc(C)c3)n2)CC1. The minimum Gasteiger partial charge on any atom is -0.495 e. The second kappa shape index (κ2) is 8.39. The number of para-hydroxylation sites is 2. The van der Waals surface area contributed by atoms with Crippen molar-refractivity contribution in [1.29, 1.82) is 0 Å². The van der Waals surface area contributed by atoms with E-state index in [9.17, 15) is 0 Å². The van der Waals surface area contributed by atoms with Gasteiger partial charge in [-0.25, -0.2) is 4.98 Å². The quantitative estimate of drug-likeness (QED) is 0.707. The minimum absolute atomic E-state index is 0.763. The molecule has 1 aromatic heterocycles. The van der Waals surface area contributed by atoms with Gasteiger partial charge in [0.2, 0.25) is 5.95 Å². The monoisotopic (exact) mass is 389 g/mol. The van der Waals surface area contributed by atoms with Crippen LogP contribution < -0.4 is 19.9 Å². The molecular weight excluding hydrogens is 362 g/mol. The lowest BCUT2D eigenvalue weighted by atomic mass is 10.1. The zero-order chi connectivity index (χ0) is 20.2. The van der Waals surface area contributed by atoms with Gasteiger partial charge in [-0.2, -0.15) is 4.98 Å². The molecule has 0 spiro atoms. The fraction of sp³-hybridized carbons (Fsp3) is 0.304. The van der Waals surface area contributed by atoms with Gasteiger partial charge >= 0.3 is 0 Å². The van der Waals surface area contributed by atoms with Crippen molar-refractivity contribution in [2.45, 2.75) is 13.8 Å². The van der Waals surface area contributed by atoms with Crippen LogP contribution in [0.15, 0.2) is 54.7 Å². The molecular formula is C23H27N5O. The van der Waals surface area contributed by atoms with Crippen LogP contribution in [0, 0.1) is 13.8 Å². The summed E-state index contributed by atoms with van der Waals surface area (Å²) in [6, 6.07) is 16.5. The third-order valence-corrected chi connectivity index (χ3v) is 5.13. The number of nitrogens with zero attached hydrogens (tertiary/aromatic N) is 4. The molecule has 0 unspecified atom stereocenters. The molecule has 1 saturated heterocycles. The lowest BCUT2D eigenvalue weighted by Gasteiger charge is -2.36. The Bertz CT molecular complexity index is 962. The standard InChI is InChI=1S/C23H27N5O/c1-17-14-18(2)16-19(15-17)25-22-8-9-24-23(26-22)28-12-10-27(11-13-28)20-6-4-5-7-21(20)29-3/h4-9,14-16H,10-13H2,1-3H3,(H,24,25,26). The van der Waals surface area contributed by atoms with Crippen LogP contribution in [-0.2, 0) is 0 Å². The van der Waals surface area contributed by atoms with E-state index >= 15 is 0 Å². The lowest BCUT2D eigenvalue weighted by Crippen LogP contribution is -2.47. The van der Waals surface area contributed by atoms with Crippen molar-refractivity contribution in [2.24, 2.45) is 0 Å². The van der Waals surface area contributed by atoms with Gasteiger partial charge in [-0.15, -0.1) is 0 Å². The largest absolute Gasteiger partial charge is 0.495 e. The first-order valence-electron chi connectivity index (χ1n) is 9.93. The van der Waals surface area contributed by atoms with E-state index in [1.165, 1.54) is 11.1 Å². The number of piperazine rings is 1. The zero-order valence-electron chi connectivity index (χ0n) is 17.2. The first kappa shape index (κ1) is 19.1. The van der Waals surface area contributed by atoms with Gasteiger partial charge in [0.1, 0.15) is 11.6 Å². The number of aryl methyl sites for hydroxylation is 2. The molecule has 1 aliphatic heterocycles. The number of aromatic nitrogens is 2. The number of ether oxygens (including phenoxy) is 1. The van der Waals surface area contributed by atoms with Crippen LogP contribution in [0.2, 0.25) is 0 Å². The fourth-order valence-corrected chi connectivity index (χ4v) is 3.80. The summed E-state index contributed by atoms with van der Waals surface area (Å²) in [5.74, 6) is 2.49. The van der Waals surface area contributed by atoms with Crippen LogP contribution in [0.4, 0.5) is 23.1 Å². The predicted octanol–water partition coefficient (Wildman–Crippen LogP) is 4.17. The summed E-state index contributed by atoms with van der Waals surface area (Å²) < 4.78 is 5.51. The number of methoxy groups -OCH3 is 1. The van der Waals surface area contributed by atoms with Gasteiger partial charge in [0, 0.05) is 38.1 Å². The molecule has 6 heteroatoms. The van der Waals surface area contributed by atoms with Gasteiger partial charge in [-0.05, 0) is 55.3 Å². The average molecular weight is 390 g/mol. The second-order valence-corrected chi connectivity index (χ2v) is 7.39. The van der Waals surface area contributed by atoms with Crippen molar-refractivity contribution in [3.63, 3.8) is 0 Å². The Morgan fingerprint density at radius 3 is 2.31 bits per heavy atom. The summed E-state index contributed by atoms with van der Waals surface area (Å²) in [7, 11) is 1.72. The molecule has 2 heterocycles. The van der Waals surface area contributed by atoms with Crippen LogP contribution in [-0.4, -0.2) is 43.3 Å². The molecule has 4 rings (SSSR count). The normalized spacial score (nSPS) is 14.0. The zero-order valence-corrected chi connectivity index (χ0v) is 17.2. The Morgan fingerprint density at radius 1 is 0.897 bits per heavy atom. The average Bonchev–Trinajstić information content (AvgIpc) is 2.73. The van der Waals surface area contributed by atoms with Crippen molar-refractivity contribution in [2.75, 3.05) is 48.4 Å². The first-order chi connectivity index (χ1) is 14.1. The second-order valence-electron chi connectivity index (χ2n) is 7.39. The molecule has 0 radical (unpaired) electrons. The van der Waals surface area contributed by atoms with Crippen LogP contribution >= 0.6 is 0 Å². The minimum atomic E-state index is 0.763. The fourth-order valence-electron chi connectivity index (χ4n) is 3.80.